The Morgan fingerprint density at radius 2 is 1.79 bits per heavy atom. The summed E-state index contributed by atoms with van der Waals surface area (Å²) in [7, 11) is 0. The van der Waals surface area contributed by atoms with Crippen LogP contribution in [0.3, 0.4) is 0 Å². The molecule has 1 aromatic heterocycles. The van der Waals surface area contributed by atoms with Crippen molar-refractivity contribution in [3.8, 4) is 0 Å². The Hall–Kier alpha value is -2.82. The van der Waals surface area contributed by atoms with Crippen LogP contribution in [0.25, 0.3) is 0 Å². The van der Waals surface area contributed by atoms with E-state index in [-0.39, 0.29) is 5.91 Å². The van der Waals surface area contributed by atoms with Crippen LogP contribution in [0.1, 0.15) is 42.5 Å². The summed E-state index contributed by atoms with van der Waals surface area (Å²) in [5.74, 6) is 0.883. The normalized spacial score (nSPS) is 17.0. The van der Waals surface area contributed by atoms with Crippen LogP contribution < -0.4 is 15.1 Å². The van der Waals surface area contributed by atoms with E-state index >= 15 is 0 Å². The van der Waals surface area contributed by atoms with Crippen LogP contribution in [0, 0.1) is 0 Å². The Morgan fingerprint density at radius 1 is 1.00 bits per heavy atom. The van der Waals surface area contributed by atoms with Gasteiger partial charge in [-0.25, -0.2) is 4.98 Å². The number of para-hydroxylation sites is 1. The number of nitrogens with zero attached hydrogens (tertiary/aromatic N) is 3. The molecule has 1 aliphatic carbocycles. The van der Waals surface area contributed by atoms with Gasteiger partial charge in [0.2, 0.25) is 0 Å². The Morgan fingerprint density at radius 3 is 2.55 bits per heavy atom. The van der Waals surface area contributed by atoms with E-state index in [0.29, 0.717) is 12.1 Å². The summed E-state index contributed by atoms with van der Waals surface area (Å²) >= 11 is 0. The molecule has 1 N–H and O–H groups in total. The number of rotatable bonds is 6. The molecule has 0 saturated carbocycles. The predicted octanol–water partition coefficient (Wildman–Crippen LogP) is 4.03. The number of hydrogen-bond acceptors (Lipinski definition) is 4. The maximum atomic E-state index is 12.6. The van der Waals surface area contributed by atoms with Gasteiger partial charge in [-0.1, -0.05) is 29.8 Å². The molecule has 0 atom stereocenters. The van der Waals surface area contributed by atoms with Crippen LogP contribution in [0.5, 0.6) is 0 Å². The second-order valence-electron chi connectivity index (χ2n) is 7.83. The molecule has 0 unspecified atom stereocenters. The van der Waals surface area contributed by atoms with E-state index in [1.165, 1.54) is 36.9 Å². The van der Waals surface area contributed by atoms with Crippen molar-refractivity contribution in [1.82, 2.24) is 10.3 Å². The van der Waals surface area contributed by atoms with Crippen LogP contribution in [-0.4, -0.2) is 43.6 Å². The summed E-state index contributed by atoms with van der Waals surface area (Å²) in [6.45, 7) is 4.43. The first-order valence-electron chi connectivity index (χ1n) is 10.8. The first-order valence-corrected chi connectivity index (χ1v) is 10.8. The maximum absolute atomic E-state index is 12.6. The lowest BCUT2D eigenvalue weighted by Gasteiger charge is -2.36. The molecule has 1 aliphatic heterocycles. The summed E-state index contributed by atoms with van der Waals surface area (Å²) < 4.78 is 0. The molecule has 1 aromatic carbocycles. The SMILES string of the molecule is O=C(NCCC1=CCCCC1)c1ccnc(N2CCN(c3ccccc3)CC2)c1. The second kappa shape index (κ2) is 9.59. The third-order valence-electron chi connectivity index (χ3n) is 5.85. The van der Waals surface area contributed by atoms with Gasteiger partial charge < -0.3 is 15.1 Å². The van der Waals surface area contributed by atoms with Gasteiger partial charge >= 0.3 is 0 Å². The summed E-state index contributed by atoms with van der Waals surface area (Å²) in [6, 6.07) is 14.2. The van der Waals surface area contributed by atoms with Gasteiger partial charge in [0.1, 0.15) is 5.82 Å². The van der Waals surface area contributed by atoms with E-state index in [2.05, 4.69) is 50.4 Å². The van der Waals surface area contributed by atoms with E-state index in [4.69, 9.17) is 0 Å². The topological polar surface area (TPSA) is 48.5 Å². The van der Waals surface area contributed by atoms with Crippen molar-refractivity contribution in [3.05, 3.63) is 65.9 Å². The average Bonchev–Trinajstić information content (AvgIpc) is 2.80. The van der Waals surface area contributed by atoms with E-state index in [1.54, 1.807) is 12.3 Å². The zero-order valence-corrected chi connectivity index (χ0v) is 17.0. The first kappa shape index (κ1) is 19.5. The van der Waals surface area contributed by atoms with Gasteiger partial charge in [0.15, 0.2) is 0 Å². The number of carbonyl (C=O) groups is 1. The van der Waals surface area contributed by atoms with Gasteiger partial charge in [0.05, 0.1) is 0 Å². The van der Waals surface area contributed by atoms with Gasteiger partial charge in [-0.15, -0.1) is 0 Å². The summed E-state index contributed by atoms with van der Waals surface area (Å²) in [6.07, 6.45) is 10.0. The van der Waals surface area contributed by atoms with E-state index < -0.39 is 0 Å². The van der Waals surface area contributed by atoms with Crippen molar-refractivity contribution in [2.24, 2.45) is 0 Å². The quantitative estimate of drug-likeness (QED) is 0.757. The van der Waals surface area contributed by atoms with Crippen LogP contribution in [0.15, 0.2) is 60.3 Å². The number of piperazine rings is 1. The summed E-state index contributed by atoms with van der Waals surface area (Å²) in [4.78, 5) is 21.8. The number of carbonyl (C=O) groups excluding carboxylic acids is 1. The van der Waals surface area contributed by atoms with Crippen LogP contribution in [0.4, 0.5) is 11.5 Å². The number of benzene rings is 1. The number of nitrogens with one attached hydrogen (secondary N) is 1. The molecular formula is C24H30N4O. The van der Waals surface area contributed by atoms with Gasteiger partial charge in [-0.3, -0.25) is 4.79 Å². The molecule has 1 saturated heterocycles. The van der Waals surface area contributed by atoms with Gasteiger partial charge in [-0.05, 0) is 56.4 Å². The molecule has 0 radical (unpaired) electrons. The average molecular weight is 391 g/mol. The van der Waals surface area contributed by atoms with Crippen molar-refractivity contribution in [2.75, 3.05) is 42.5 Å². The predicted molar refractivity (Wildman–Crippen MR) is 119 cm³/mol. The van der Waals surface area contributed by atoms with E-state index in [9.17, 15) is 4.79 Å². The summed E-state index contributed by atoms with van der Waals surface area (Å²) in [5.41, 5.74) is 3.45. The van der Waals surface area contributed by atoms with Gasteiger partial charge in [0, 0.05) is 50.2 Å². The number of hydrogen-bond donors (Lipinski definition) is 1. The van der Waals surface area contributed by atoms with Crippen LogP contribution in [0.2, 0.25) is 0 Å². The first-order chi connectivity index (χ1) is 14.3. The fourth-order valence-electron chi connectivity index (χ4n) is 4.14. The third kappa shape index (κ3) is 5.17. The molecule has 2 aliphatic rings. The minimum absolute atomic E-state index is 0.00650. The molecule has 5 heteroatoms. The van der Waals surface area contributed by atoms with Crippen molar-refractivity contribution in [3.63, 3.8) is 0 Å². The second-order valence-corrected chi connectivity index (χ2v) is 7.83. The Balaban J connectivity index is 1.30. The monoisotopic (exact) mass is 390 g/mol. The van der Waals surface area contributed by atoms with E-state index in [1.807, 2.05) is 12.1 Å². The molecule has 152 valence electrons. The molecule has 1 amide bonds. The number of amides is 1. The molecule has 29 heavy (non-hydrogen) atoms. The van der Waals surface area contributed by atoms with E-state index in [0.717, 1.165) is 38.4 Å². The highest BCUT2D eigenvalue weighted by Crippen LogP contribution is 2.21. The number of aromatic nitrogens is 1. The minimum Gasteiger partial charge on any atom is -0.368 e. The molecule has 0 bridgehead atoms. The maximum Gasteiger partial charge on any atom is 0.251 e. The fraction of sp³-hybridized carbons (Fsp3) is 0.417. The largest absolute Gasteiger partial charge is 0.368 e. The zero-order valence-electron chi connectivity index (χ0n) is 17.0. The molecule has 2 aromatic rings. The minimum atomic E-state index is -0.00650. The van der Waals surface area contributed by atoms with Gasteiger partial charge in [-0.2, -0.15) is 0 Å². The molecular weight excluding hydrogens is 360 g/mol. The van der Waals surface area contributed by atoms with Crippen molar-refractivity contribution in [1.29, 1.82) is 0 Å². The van der Waals surface area contributed by atoms with Crippen molar-refractivity contribution < 1.29 is 4.79 Å². The summed E-state index contributed by atoms with van der Waals surface area (Å²) in [5, 5.41) is 3.07. The third-order valence-corrected chi connectivity index (χ3v) is 5.85. The highest BCUT2D eigenvalue weighted by atomic mass is 16.1. The number of pyridine rings is 1. The number of allylic oxidation sites excluding steroid dienone is 1. The van der Waals surface area contributed by atoms with Crippen LogP contribution in [-0.2, 0) is 0 Å². The lowest BCUT2D eigenvalue weighted by molar-refractivity contribution is 0.0954. The van der Waals surface area contributed by atoms with Crippen molar-refractivity contribution in [2.45, 2.75) is 32.1 Å². The lowest BCUT2D eigenvalue weighted by atomic mass is 9.97. The Bertz CT molecular complexity index is 841. The molecule has 5 nitrogen and oxygen atoms in total. The molecule has 0 spiro atoms. The number of anilines is 2. The van der Waals surface area contributed by atoms with Crippen LogP contribution >= 0.6 is 0 Å². The van der Waals surface area contributed by atoms with Crippen molar-refractivity contribution >= 4 is 17.4 Å². The smallest absolute Gasteiger partial charge is 0.251 e. The highest BCUT2D eigenvalue weighted by molar-refractivity contribution is 5.94. The molecule has 1 fully saturated rings. The van der Waals surface area contributed by atoms with Gasteiger partial charge in [0.25, 0.3) is 5.91 Å². The fourth-order valence-corrected chi connectivity index (χ4v) is 4.14. The zero-order chi connectivity index (χ0) is 19.9. The molecule has 2 heterocycles. The molecule has 4 rings (SSSR count). The Labute approximate surface area is 173 Å². The standard InChI is InChI=1S/C24H30N4O/c29-24(26-13-11-20-7-3-1-4-8-20)21-12-14-25-23(19-21)28-17-15-27(16-18-28)22-9-5-2-6-10-22/h2,5-7,9-10,12,14,19H,1,3-4,8,11,13,15-18H2,(H,26,29). The highest BCUT2D eigenvalue weighted by Gasteiger charge is 2.19. The lowest BCUT2D eigenvalue weighted by Crippen LogP contribution is -2.46. The Kier molecular flexibility index (Phi) is 6.45.